The first kappa shape index (κ1) is 23.7. The third-order valence-electron chi connectivity index (χ3n) is 4.61. The number of hydrogen-bond acceptors (Lipinski definition) is 4. The van der Waals surface area contributed by atoms with Crippen LogP contribution in [0.15, 0.2) is 59.1 Å². The molecule has 164 valence electrons. The van der Waals surface area contributed by atoms with Crippen LogP contribution in [-0.2, 0) is 19.7 Å². The molecule has 0 fully saturated rings. The third-order valence-corrected chi connectivity index (χ3v) is 5.94. The van der Waals surface area contributed by atoms with Crippen LogP contribution in [0.25, 0.3) is 0 Å². The Labute approximate surface area is 201 Å². The molecule has 0 aliphatic carbocycles. The summed E-state index contributed by atoms with van der Waals surface area (Å²) in [4.78, 5) is 0. The van der Waals surface area contributed by atoms with Crippen molar-refractivity contribution in [2.45, 2.75) is 26.6 Å². The Balaban J connectivity index is 1.67. The number of hydrogen-bond donors (Lipinski definition) is 1. The zero-order valence-electron chi connectivity index (χ0n) is 17.4. The van der Waals surface area contributed by atoms with E-state index in [1.54, 1.807) is 19.2 Å². The molecule has 0 radical (unpaired) electrons. The van der Waals surface area contributed by atoms with Crippen LogP contribution < -0.4 is 19.5 Å². The topological polar surface area (TPSA) is 39.7 Å². The molecule has 3 aromatic rings. The lowest BCUT2D eigenvalue weighted by atomic mass is 10.1. The van der Waals surface area contributed by atoms with E-state index in [-0.39, 0.29) is 0 Å². The van der Waals surface area contributed by atoms with E-state index in [9.17, 15) is 0 Å². The van der Waals surface area contributed by atoms with Crippen molar-refractivity contribution in [3.05, 3.63) is 85.8 Å². The van der Waals surface area contributed by atoms with E-state index in [0.717, 1.165) is 27.9 Å². The van der Waals surface area contributed by atoms with Crippen molar-refractivity contribution in [2.75, 3.05) is 13.7 Å². The first-order valence-electron chi connectivity index (χ1n) is 9.85. The normalized spacial score (nSPS) is 10.7. The van der Waals surface area contributed by atoms with Crippen molar-refractivity contribution in [1.29, 1.82) is 0 Å². The van der Waals surface area contributed by atoms with Crippen molar-refractivity contribution in [1.82, 2.24) is 5.32 Å². The van der Waals surface area contributed by atoms with E-state index >= 15 is 0 Å². The monoisotopic (exact) mass is 523 g/mol. The van der Waals surface area contributed by atoms with Crippen molar-refractivity contribution in [3.8, 4) is 17.2 Å². The maximum atomic E-state index is 6.26. The SMILES string of the molecule is CCOc1cc(CNCc2ccc(OC)cc2)c(Br)cc1OCc1ccc(Cl)cc1Cl. The lowest BCUT2D eigenvalue weighted by Gasteiger charge is -2.16. The van der Waals surface area contributed by atoms with Gasteiger partial charge in [0.25, 0.3) is 0 Å². The van der Waals surface area contributed by atoms with Gasteiger partial charge in [-0.25, -0.2) is 0 Å². The van der Waals surface area contributed by atoms with Gasteiger partial charge in [-0.15, -0.1) is 0 Å². The highest BCUT2D eigenvalue weighted by Crippen LogP contribution is 2.35. The van der Waals surface area contributed by atoms with Crippen LogP contribution in [0.3, 0.4) is 0 Å². The Hall–Kier alpha value is -1.92. The Kier molecular flexibility index (Phi) is 8.90. The molecule has 0 aliphatic heterocycles. The van der Waals surface area contributed by atoms with Gasteiger partial charge in [0.2, 0.25) is 0 Å². The molecule has 3 aromatic carbocycles. The molecule has 3 rings (SSSR count). The van der Waals surface area contributed by atoms with Gasteiger partial charge in [-0.3, -0.25) is 0 Å². The second kappa shape index (κ2) is 11.6. The molecule has 0 saturated carbocycles. The third kappa shape index (κ3) is 6.78. The molecule has 0 aromatic heterocycles. The molecule has 0 aliphatic rings. The molecule has 0 saturated heterocycles. The average Bonchev–Trinajstić information content (AvgIpc) is 2.76. The predicted octanol–water partition coefficient (Wildman–Crippen LogP) is 7.03. The first-order chi connectivity index (χ1) is 15.0. The van der Waals surface area contributed by atoms with Crippen molar-refractivity contribution >= 4 is 39.1 Å². The highest BCUT2D eigenvalue weighted by molar-refractivity contribution is 9.10. The van der Waals surface area contributed by atoms with Gasteiger partial charge in [0, 0.05) is 33.2 Å². The van der Waals surface area contributed by atoms with Crippen molar-refractivity contribution in [3.63, 3.8) is 0 Å². The first-order valence-corrected chi connectivity index (χ1v) is 11.4. The zero-order chi connectivity index (χ0) is 22.2. The maximum absolute atomic E-state index is 6.26. The largest absolute Gasteiger partial charge is 0.497 e. The van der Waals surface area contributed by atoms with Gasteiger partial charge < -0.3 is 19.5 Å². The highest BCUT2D eigenvalue weighted by Gasteiger charge is 2.12. The van der Waals surface area contributed by atoms with Gasteiger partial charge in [-0.2, -0.15) is 0 Å². The van der Waals surface area contributed by atoms with E-state index in [4.69, 9.17) is 37.4 Å². The second-order valence-corrected chi connectivity index (χ2v) is 8.50. The Morgan fingerprint density at radius 3 is 2.29 bits per heavy atom. The summed E-state index contributed by atoms with van der Waals surface area (Å²) in [6, 6.07) is 17.3. The second-order valence-electron chi connectivity index (χ2n) is 6.80. The molecular weight excluding hydrogens is 501 g/mol. The fraction of sp³-hybridized carbons (Fsp3) is 0.250. The van der Waals surface area contributed by atoms with Gasteiger partial charge in [0.15, 0.2) is 11.5 Å². The molecule has 0 amide bonds. The summed E-state index contributed by atoms with van der Waals surface area (Å²) in [6.07, 6.45) is 0. The lowest BCUT2D eigenvalue weighted by Crippen LogP contribution is -2.13. The summed E-state index contributed by atoms with van der Waals surface area (Å²) >= 11 is 15.9. The summed E-state index contributed by atoms with van der Waals surface area (Å²) in [5.41, 5.74) is 3.12. The number of ether oxygens (including phenoxy) is 3. The molecular formula is C24H24BrCl2NO3. The lowest BCUT2D eigenvalue weighted by molar-refractivity contribution is 0.269. The van der Waals surface area contributed by atoms with Crippen LogP contribution in [-0.4, -0.2) is 13.7 Å². The van der Waals surface area contributed by atoms with Crippen molar-refractivity contribution in [2.24, 2.45) is 0 Å². The zero-order valence-corrected chi connectivity index (χ0v) is 20.5. The summed E-state index contributed by atoms with van der Waals surface area (Å²) in [7, 11) is 1.66. The minimum atomic E-state index is 0.317. The summed E-state index contributed by atoms with van der Waals surface area (Å²) in [5.74, 6) is 2.19. The summed E-state index contributed by atoms with van der Waals surface area (Å²) < 4.78 is 18.0. The van der Waals surface area contributed by atoms with Gasteiger partial charge in [0.1, 0.15) is 12.4 Å². The minimum absolute atomic E-state index is 0.317. The maximum Gasteiger partial charge on any atom is 0.162 e. The smallest absolute Gasteiger partial charge is 0.162 e. The van der Waals surface area contributed by atoms with Crippen LogP contribution in [0.4, 0.5) is 0 Å². The molecule has 1 N–H and O–H groups in total. The van der Waals surface area contributed by atoms with E-state index in [1.165, 1.54) is 5.56 Å². The van der Waals surface area contributed by atoms with E-state index in [2.05, 4.69) is 21.2 Å². The van der Waals surface area contributed by atoms with Crippen LogP contribution in [0.2, 0.25) is 10.0 Å². The van der Waals surface area contributed by atoms with Crippen LogP contribution in [0, 0.1) is 0 Å². The Morgan fingerprint density at radius 2 is 1.61 bits per heavy atom. The van der Waals surface area contributed by atoms with Crippen LogP contribution in [0.5, 0.6) is 17.2 Å². The Bertz CT molecular complexity index is 1010. The number of benzene rings is 3. The van der Waals surface area contributed by atoms with Crippen molar-refractivity contribution < 1.29 is 14.2 Å². The fourth-order valence-corrected chi connectivity index (χ4v) is 3.90. The Morgan fingerprint density at radius 1 is 0.871 bits per heavy atom. The number of rotatable bonds is 10. The standard InChI is InChI=1S/C24H24BrCl2NO3/c1-3-30-23-10-18(14-28-13-16-4-8-20(29-2)9-5-16)21(25)12-24(23)31-15-17-6-7-19(26)11-22(17)27/h4-12,28H,3,13-15H2,1-2H3. The average molecular weight is 525 g/mol. The van der Waals surface area contributed by atoms with E-state index in [1.807, 2.05) is 49.4 Å². The molecule has 0 heterocycles. The number of methoxy groups -OCH3 is 1. The van der Waals surface area contributed by atoms with Crippen LogP contribution in [0.1, 0.15) is 23.6 Å². The van der Waals surface area contributed by atoms with E-state index in [0.29, 0.717) is 41.3 Å². The molecule has 0 bridgehead atoms. The molecule has 0 unspecified atom stereocenters. The summed E-state index contributed by atoms with van der Waals surface area (Å²) in [5, 5.41) is 4.63. The predicted molar refractivity (Wildman–Crippen MR) is 130 cm³/mol. The highest BCUT2D eigenvalue weighted by atomic mass is 79.9. The molecule has 0 atom stereocenters. The fourth-order valence-electron chi connectivity index (χ4n) is 2.97. The number of nitrogens with one attached hydrogen (secondary N) is 1. The van der Waals surface area contributed by atoms with Crippen LogP contribution >= 0.6 is 39.1 Å². The van der Waals surface area contributed by atoms with Gasteiger partial charge in [0.05, 0.1) is 13.7 Å². The van der Waals surface area contributed by atoms with Gasteiger partial charge >= 0.3 is 0 Å². The van der Waals surface area contributed by atoms with Gasteiger partial charge in [-0.05, 0) is 54.4 Å². The van der Waals surface area contributed by atoms with Gasteiger partial charge in [-0.1, -0.05) is 57.3 Å². The number of halogens is 3. The van der Waals surface area contributed by atoms with E-state index < -0.39 is 0 Å². The molecule has 0 spiro atoms. The quantitative estimate of drug-likeness (QED) is 0.309. The minimum Gasteiger partial charge on any atom is -0.497 e. The summed E-state index contributed by atoms with van der Waals surface area (Å²) in [6.45, 7) is 4.23. The molecule has 31 heavy (non-hydrogen) atoms. The molecule has 4 nitrogen and oxygen atoms in total. The molecule has 7 heteroatoms.